The molecule has 3 heterocycles. The standard InChI is InChI=1S/C34H46N6O2/c1-22-18-39(21-35-22)29-7-6-26(13-31(29)42-5)28-19-40(37-36-28)30-14-27(33(2,3)4)8-9-38(32(30)41)20-34-15-23-10-24(16-34)12-25(11-23)17-34/h6-7,13,18-19,21,23-25,27,30H,8-12,14-17,20H2,1-5H3/t23?,24?,25?,27-,30-,34?/m0/s1. The highest BCUT2D eigenvalue weighted by Gasteiger charge is 2.52. The Balaban J connectivity index is 1.17. The molecule has 3 aromatic rings. The Kier molecular flexibility index (Phi) is 6.74. The van der Waals surface area contributed by atoms with Crippen molar-refractivity contribution in [3.05, 3.63) is 42.6 Å². The van der Waals surface area contributed by atoms with Gasteiger partial charge < -0.3 is 14.2 Å². The molecular weight excluding hydrogens is 524 g/mol. The summed E-state index contributed by atoms with van der Waals surface area (Å²) in [7, 11) is 1.68. The van der Waals surface area contributed by atoms with Crippen LogP contribution in [0.1, 0.15) is 83.9 Å². The van der Waals surface area contributed by atoms with Crippen molar-refractivity contribution in [3.63, 3.8) is 0 Å². The fraction of sp³-hybridized carbons (Fsp3) is 0.647. The van der Waals surface area contributed by atoms with E-state index in [1.54, 1.807) is 13.4 Å². The lowest BCUT2D eigenvalue weighted by atomic mass is 9.49. The van der Waals surface area contributed by atoms with Crippen LogP contribution in [0.15, 0.2) is 36.9 Å². The molecule has 1 aliphatic heterocycles. The number of aryl methyl sites for hydroxylation is 1. The number of amides is 1. The lowest BCUT2D eigenvalue weighted by Gasteiger charge is -2.58. The molecular formula is C34H46N6O2. The number of carbonyl (C=O) groups excluding carboxylic acids is 1. The van der Waals surface area contributed by atoms with Gasteiger partial charge in [-0.3, -0.25) is 4.79 Å². The summed E-state index contributed by atoms with van der Waals surface area (Å²) in [5.41, 5.74) is 3.98. The number of rotatable bonds is 6. The molecule has 1 amide bonds. The molecule has 8 nitrogen and oxygen atoms in total. The summed E-state index contributed by atoms with van der Waals surface area (Å²) < 4.78 is 9.56. The van der Waals surface area contributed by atoms with Crippen molar-refractivity contribution in [2.75, 3.05) is 20.2 Å². The highest BCUT2D eigenvalue weighted by Crippen LogP contribution is 2.60. The maximum atomic E-state index is 14.4. The zero-order valence-electron chi connectivity index (χ0n) is 25.9. The van der Waals surface area contributed by atoms with Gasteiger partial charge in [-0.1, -0.05) is 32.1 Å². The predicted molar refractivity (Wildman–Crippen MR) is 162 cm³/mol. The summed E-state index contributed by atoms with van der Waals surface area (Å²) in [6.07, 6.45) is 15.8. The average Bonchev–Trinajstić information content (AvgIpc) is 3.56. The molecule has 4 saturated carbocycles. The second-order valence-corrected chi connectivity index (χ2v) is 15.2. The Labute approximate surface area is 249 Å². The molecule has 4 aliphatic carbocycles. The molecule has 224 valence electrons. The van der Waals surface area contributed by atoms with Gasteiger partial charge in [-0.25, -0.2) is 9.67 Å². The van der Waals surface area contributed by atoms with Crippen molar-refractivity contribution in [2.45, 2.75) is 85.1 Å². The highest BCUT2D eigenvalue weighted by atomic mass is 16.5. The number of hydrogen-bond acceptors (Lipinski definition) is 5. The van der Waals surface area contributed by atoms with Gasteiger partial charge in [0.25, 0.3) is 0 Å². The molecule has 0 spiro atoms. The zero-order valence-corrected chi connectivity index (χ0v) is 25.9. The van der Waals surface area contributed by atoms with E-state index in [0.29, 0.717) is 11.3 Å². The molecule has 1 aromatic carbocycles. The third kappa shape index (κ3) is 5.05. The molecule has 1 saturated heterocycles. The first-order chi connectivity index (χ1) is 20.1. The van der Waals surface area contributed by atoms with E-state index in [1.165, 1.54) is 38.5 Å². The lowest BCUT2D eigenvalue weighted by Crippen LogP contribution is -2.52. The first-order valence-corrected chi connectivity index (χ1v) is 16.0. The Morgan fingerprint density at radius 2 is 1.74 bits per heavy atom. The van der Waals surface area contributed by atoms with Gasteiger partial charge in [-0.15, -0.1) is 5.10 Å². The largest absolute Gasteiger partial charge is 0.495 e. The number of ether oxygens (including phenoxy) is 1. The summed E-state index contributed by atoms with van der Waals surface area (Å²) in [4.78, 5) is 21.0. The van der Waals surface area contributed by atoms with Crippen LogP contribution in [0.2, 0.25) is 0 Å². The van der Waals surface area contributed by atoms with Gasteiger partial charge in [-0.05, 0) is 105 Å². The molecule has 2 aromatic heterocycles. The smallest absolute Gasteiger partial charge is 0.247 e. The molecule has 0 radical (unpaired) electrons. The molecule has 5 aliphatic rings. The number of hydrogen-bond donors (Lipinski definition) is 0. The van der Waals surface area contributed by atoms with E-state index >= 15 is 0 Å². The van der Waals surface area contributed by atoms with Crippen LogP contribution in [0.4, 0.5) is 0 Å². The van der Waals surface area contributed by atoms with Crippen LogP contribution in [-0.2, 0) is 4.79 Å². The monoisotopic (exact) mass is 570 g/mol. The molecule has 42 heavy (non-hydrogen) atoms. The van der Waals surface area contributed by atoms with Gasteiger partial charge in [0.2, 0.25) is 5.91 Å². The van der Waals surface area contributed by atoms with Gasteiger partial charge in [0.15, 0.2) is 0 Å². The minimum absolute atomic E-state index is 0.119. The summed E-state index contributed by atoms with van der Waals surface area (Å²) in [6, 6.07) is 5.72. The van der Waals surface area contributed by atoms with Gasteiger partial charge in [0, 0.05) is 24.8 Å². The molecule has 0 unspecified atom stereocenters. The van der Waals surface area contributed by atoms with Gasteiger partial charge in [0.05, 0.1) is 31.0 Å². The van der Waals surface area contributed by atoms with Crippen molar-refractivity contribution < 1.29 is 9.53 Å². The van der Waals surface area contributed by atoms with Crippen LogP contribution in [-0.4, -0.2) is 55.6 Å². The van der Waals surface area contributed by atoms with Crippen LogP contribution in [0, 0.1) is 41.4 Å². The number of benzene rings is 1. The van der Waals surface area contributed by atoms with Crippen LogP contribution in [0.3, 0.4) is 0 Å². The summed E-state index contributed by atoms with van der Waals surface area (Å²) in [6.45, 7) is 10.7. The summed E-state index contributed by atoms with van der Waals surface area (Å²) >= 11 is 0. The first-order valence-electron chi connectivity index (χ1n) is 16.0. The summed E-state index contributed by atoms with van der Waals surface area (Å²) in [5, 5.41) is 9.16. The Hall–Kier alpha value is -3.16. The quantitative estimate of drug-likeness (QED) is 0.339. The first kappa shape index (κ1) is 27.7. The minimum atomic E-state index is -0.331. The number of nitrogens with zero attached hydrogens (tertiary/aromatic N) is 6. The lowest BCUT2D eigenvalue weighted by molar-refractivity contribution is -0.140. The number of carbonyl (C=O) groups is 1. The van der Waals surface area contributed by atoms with E-state index in [1.807, 2.05) is 46.8 Å². The van der Waals surface area contributed by atoms with Crippen molar-refractivity contribution in [1.29, 1.82) is 0 Å². The Morgan fingerprint density at radius 1 is 1.02 bits per heavy atom. The van der Waals surface area contributed by atoms with E-state index in [-0.39, 0.29) is 17.4 Å². The normalized spacial score (nSPS) is 31.0. The topological polar surface area (TPSA) is 78.1 Å². The molecule has 4 bridgehead atoms. The SMILES string of the molecule is COc1cc(-c2cn([C@H]3C[C@@H](C(C)(C)C)CCN(CC45CC6CC(CC(C6)C4)C5)C3=O)nn2)ccc1-n1cnc(C)c1. The van der Waals surface area contributed by atoms with E-state index in [4.69, 9.17) is 4.74 Å². The molecule has 0 N–H and O–H groups in total. The average molecular weight is 571 g/mol. The Bertz CT molecular complexity index is 1430. The number of methoxy groups -OCH3 is 1. The predicted octanol–water partition coefficient (Wildman–Crippen LogP) is 6.49. The van der Waals surface area contributed by atoms with E-state index in [0.717, 1.165) is 72.1 Å². The van der Waals surface area contributed by atoms with E-state index in [2.05, 4.69) is 41.0 Å². The van der Waals surface area contributed by atoms with Gasteiger partial charge in [-0.2, -0.15) is 0 Å². The second kappa shape index (κ2) is 10.2. The van der Waals surface area contributed by atoms with E-state index in [9.17, 15) is 4.79 Å². The van der Waals surface area contributed by atoms with Crippen LogP contribution in [0.25, 0.3) is 16.9 Å². The van der Waals surface area contributed by atoms with Crippen molar-refractivity contribution in [2.24, 2.45) is 34.5 Å². The fourth-order valence-corrected chi connectivity index (χ4v) is 9.34. The zero-order chi connectivity index (χ0) is 29.2. The van der Waals surface area contributed by atoms with Crippen molar-refractivity contribution in [3.8, 4) is 22.7 Å². The summed E-state index contributed by atoms with van der Waals surface area (Å²) in [5.74, 6) is 4.05. The molecule has 8 rings (SSSR count). The number of imidazole rings is 1. The maximum absolute atomic E-state index is 14.4. The molecule has 5 fully saturated rings. The van der Waals surface area contributed by atoms with E-state index < -0.39 is 0 Å². The van der Waals surface area contributed by atoms with Gasteiger partial charge >= 0.3 is 0 Å². The maximum Gasteiger partial charge on any atom is 0.247 e. The fourth-order valence-electron chi connectivity index (χ4n) is 9.34. The second-order valence-electron chi connectivity index (χ2n) is 15.2. The number of aromatic nitrogens is 5. The van der Waals surface area contributed by atoms with Crippen LogP contribution >= 0.6 is 0 Å². The van der Waals surface area contributed by atoms with Crippen LogP contribution < -0.4 is 4.74 Å². The van der Waals surface area contributed by atoms with Crippen molar-refractivity contribution in [1.82, 2.24) is 29.4 Å². The number of likely N-dealkylation sites (tertiary alicyclic amines) is 1. The highest BCUT2D eigenvalue weighted by molar-refractivity contribution is 5.81. The third-order valence-electron chi connectivity index (χ3n) is 11.1. The van der Waals surface area contributed by atoms with Crippen molar-refractivity contribution >= 4 is 5.91 Å². The van der Waals surface area contributed by atoms with Crippen LogP contribution in [0.5, 0.6) is 5.75 Å². The minimum Gasteiger partial charge on any atom is -0.495 e. The molecule has 8 heteroatoms. The Morgan fingerprint density at radius 3 is 2.36 bits per heavy atom. The third-order valence-corrected chi connectivity index (χ3v) is 11.1. The molecule has 2 atom stereocenters. The van der Waals surface area contributed by atoms with Gasteiger partial charge in [0.1, 0.15) is 17.5 Å².